The molecule has 1 amide bonds. The summed E-state index contributed by atoms with van der Waals surface area (Å²) >= 11 is 0. The third-order valence-electron chi connectivity index (χ3n) is 8.14. The van der Waals surface area contributed by atoms with Crippen LogP contribution >= 0.6 is 0 Å². The first kappa shape index (κ1) is 23.1. The number of hydrogen-bond donors (Lipinski definition) is 0. The first-order chi connectivity index (χ1) is 15.8. The fourth-order valence-corrected chi connectivity index (χ4v) is 6.43. The van der Waals surface area contributed by atoms with E-state index < -0.39 is 17.2 Å². The van der Waals surface area contributed by atoms with Gasteiger partial charge in [0.15, 0.2) is 0 Å². The number of rotatable bonds is 4. The summed E-state index contributed by atoms with van der Waals surface area (Å²) in [7, 11) is 1.72. The molecule has 4 heterocycles. The molecule has 33 heavy (non-hydrogen) atoms. The van der Waals surface area contributed by atoms with Gasteiger partial charge < -0.3 is 19.1 Å². The average molecular weight is 469 g/mol. The smallest absolute Gasteiger partial charge is 0.379 e. The molecule has 0 radical (unpaired) electrons. The lowest BCUT2D eigenvalue weighted by Gasteiger charge is -2.37. The first-order valence-electron chi connectivity index (χ1n) is 11.9. The molecule has 1 aliphatic carbocycles. The van der Waals surface area contributed by atoms with Gasteiger partial charge in [-0.3, -0.25) is 9.78 Å². The Balaban J connectivity index is 1.31. The van der Waals surface area contributed by atoms with Crippen molar-refractivity contribution in [1.82, 2.24) is 9.88 Å². The fourth-order valence-electron chi connectivity index (χ4n) is 6.43. The van der Waals surface area contributed by atoms with Crippen LogP contribution in [0.1, 0.15) is 48.9 Å². The molecule has 0 bridgehead atoms. The van der Waals surface area contributed by atoms with Crippen LogP contribution in [0.3, 0.4) is 0 Å². The van der Waals surface area contributed by atoms with E-state index in [9.17, 15) is 18.0 Å². The molecule has 1 saturated carbocycles. The molecule has 1 aromatic heterocycles. The van der Waals surface area contributed by atoms with Crippen molar-refractivity contribution in [3.8, 4) is 0 Å². The number of alkyl halides is 3. The molecule has 1 aromatic rings. The number of halogens is 3. The van der Waals surface area contributed by atoms with Crippen molar-refractivity contribution in [2.75, 3.05) is 33.5 Å². The summed E-state index contributed by atoms with van der Waals surface area (Å²) in [6.45, 7) is 2.57. The third-order valence-corrected chi connectivity index (χ3v) is 8.14. The van der Waals surface area contributed by atoms with Gasteiger partial charge in [0.25, 0.3) is 0 Å². The molecule has 6 nitrogen and oxygen atoms in total. The van der Waals surface area contributed by atoms with E-state index in [0.717, 1.165) is 44.6 Å². The van der Waals surface area contributed by atoms with Gasteiger partial charge in [0, 0.05) is 51.7 Å². The van der Waals surface area contributed by atoms with Gasteiger partial charge in [-0.15, -0.1) is 0 Å². The highest BCUT2D eigenvalue weighted by atomic mass is 19.4. The van der Waals surface area contributed by atoms with Crippen molar-refractivity contribution in [3.63, 3.8) is 0 Å². The third kappa shape index (κ3) is 4.28. The molecular formula is C24H31F3N2O4. The number of carbonyl (C=O) groups is 1. The molecule has 9 heteroatoms. The Bertz CT molecular complexity index is 895. The zero-order chi connectivity index (χ0) is 23.2. The van der Waals surface area contributed by atoms with Crippen LogP contribution in [-0.2, 0) is 38.1 Å². The van der Waals surface area contributed by atoms with Crippen LogP contribution in [0.4, 0.5) is 13.2 Å². The Labute approximate surface area is 191 Å². The molecule has 2 saturated heterocycles. The highest BCUT2D eigenvalue weighted by Crippen LogP contribution is 2.53. The van der Waals surface area contributed by atoms with Crippen molar-refractivity contribution in [3.05, 3.63) is 29.1 Å². The Kier molecular flexibility index (Phi) is 6.16. The average Bonchev–Trinajstić information content (AvgIpc) is 3.35. The molecule has 0 unspecified atom stereocenters. The minimum Gasteiger partial charge on any atom is -0.379 e. The minimum absolute atomic E-state index is 0.0332. The summed E-state index contributed by atoms with van der Waals surface area (Å²) in [6, 6.07) is 1.15. The lowest BCUT2D eigenvalue weighted by Crippen LogP contribution is -2.48. The standard InChI is InChI=1S/C24H31F3N2O4/c1-31-20-14-32-6-3-16(20)8-15-9-21-23(11-15,4-7-33-21)22(30)29-5-2-19-17(13-29)10-18(12-28-19)24(25,26)27/h10,12,15-16,20-21H,2-9,11,13-14H2,1H3/t15-,16-,20-,21-,23-/m1/s1. The van der Waals surface area contributed by atoms with Gasteiger partial charge in [-0.1, -0.05) is 0 Å². The molecule has 3 fully saturated rings. The van der Waals surface area contributed by atoms with Gasteiger partial charge in [0.05, 0.1) is 29.8 Å². The molecule has 5 rings (SSSR count). The summed E-state index contributed by atoms with van der Waals surface area (Å²) in [5, 5.41) is 0. The van der Waals surface area contributed by atoms with Crippen molar-refractivity contribution < 1.29 is 32.2 Å². The largest absolute Gasteiger partial charge is 0.417 e. The quantitative estimate of drug-likeness (QED) is 0.676. The maximum Gasteiger partial charge on any atom is 0.417 e. The van der Waals surface area contributed by atoms with E-state index >= 15 is 0 Å². The highest BCUT2D eigenvalue weighted by Gasteiger charge is 2.57. The summed E-state index contributed by atoms with van der Waals surface area (Å²) in [5.74, 6) is 0.815. The van der Waals surface area contributed by atoms with Gasteiger partial charge in [-0.2, -0.15) is 13.2 Å². The minimum atomic E-state index is -4.44. The number of carbonyl (C=O) groups excluding carboxylic acids is 1. The van der Waals surface area contributed by atoms with E-state index in [0.29, 0.717) is 55.7 Å². The Morgan fingerprint density at radius 3 is 3.00 bits per heavy atom. The molecular weight excluding hydrogens is 437 g/mol. The van der Waals surface area contributed by atoms with Crippen molar-refractivity contribution >= 4 is 5.91 Å². The van der Waals surface area contributed by atoms with Crippen LogP contribution in [0.15, 0.2) is 12.3 Å². The summed E-state index contributed by atoms with van der Waals surface area (Å²) < 4.78 is 56.7. The molecule has 0 spiro atoms. The second-order valence-electron chi connectivity index (χ2n) is 10.0. The van der Waals surface area contributed by atoms with Crippen LogP contribution in [0.25, 0.3) is 0 Å². The van der Waals surface area contributed by atoms with Crippen molar-refractivity contribution in [2.24, 2.45) is 17.3 Å². The number of hydrogen-bond acceptors (Lipinski definition) is 5. The molecule has 0 N–H and O–H groups in total. The SMILES string of the molecule is CO[C@@H]1COCC[C@@H]1C[C@@H]1C[C@H]2OCC[C@@]2(C(=O)N2CCc3ncc(C(F)(F)F)cc3C2)C1. The number of nitrogens with zero attached hydrogens (tertiary/aromatic N) is 2. The van der Waals surface area contributed by atoms with Gasteiger partial charge >= 0.3 is 6.18 Å². The van der Waals surface area contributed by atoms with Crippen molar-refractivity contribution in [1.29, 1.82) is 0 Å². The van der Waals surface area contributed by atoms with Crippen molar-refractivity contribution in [2.45, 2.75) is 63.5 Å². The summed E-state index contributed by atoms with van der Waals surface area (Å²) in [6.07, 6.45) is 1.13. The zero-order valence-corrected chi connectivity index (χ0v) is 18.9. The van der Waals surface area contributed by atoms with E-state index in [1.807, 2.05) is 0 Å². The topological polar surface area (TPSA) is 60.9 Å². The predicted molar refractivity (Wildman–Crippen MR) is 112 cm³/mol. The molecule has 182 valence electrons. The first-order valence-corrected chi connectivity index (χ1v) is 11.9. The van der Waals surface area contributed by atoms with E-state index in [4.69, 9.17) is 14.2 Å². The predicted octanol–water partition coefficient (Wildman–Crippen LogP) is 3.61. The second-order valence-corrected chi connectivity index (χ2v) is 10.0. The maximum atomic E-state index is 13.8. The molecule has 4 aliphatic rings. The van der Waals surface area contributed by atoms with Crippen LogP contribution < -0.4 is 0 Å². The zero-order valence-electron chi connectivity index (χ0n) is 18.9. The number of methoxy groups -OCH3 is 1. The Morgan fingerprint density at radius 2 is 2.21 bits per heavy atom. The van der Waals surface area contributed by atoms with E-state index in [-0.39, 0.29) is 24.7 Å². The monoisotopic (exact) mass is 468 g/mol. The maximum absolute atomic E-state index is 13.8. The summed E-state index contributed by atoms with van der Waals surface area (Å²) in [4.78, 5) is 19.6. The molecule has 5 atom stereocenters. The van der Waals surface area contributed by atoms with Crippen LogP contribution in [0, 0.1) is 17.3 Å². The van der Waals surface area contributed by atoms with Crippen LogP contribution in [-0.4, -0.2) is 61.5 Å². The van der Waals surface area contributed by atoms with Crippen LogP contribution in [0.5, 0.6) is 0 Å². The molecule has 3 aliphatic heterocycles. The van der Waals surface area contributed by atoms with E-state index in [1.54, 1.807) is 12.0 Å². The number of ether oxygens (including phenoxy) is 3. The summed E-state index contributed by atoms with van der Waals surface area (Å²) in [5.41, 5.74) is -0.180. The Morgan fingerprint density at radius 1 is 1.36 bits per heavy atom. The van der Waals surface area contributed by atoms with Crippen LogP contribution in [0.2, 0.25) is 0 Å². The number of aromatic nitrogens is 1. The second kappa shape index (κ2) is 8.82. The normalized spacial score (nSPS) is 34.2. The van der Waals surface area contributed by atoms with E-state index in [1.165, 1.54) is 0 Å². The molecule has 0 aromatic carbocycles. The number of fused-ring (bicyclic) bond motifs is 2. The number of pyridine rings is 1. The fraction of sp³-hybridized carbons (Fsp3) is 0.750. The number of amides is 1. The van der Waals surface area contributed by atoms with Gasteiger partial charge in [0.2, 0.25) is 5.91 Å². The van der Waals surface area contributed by atoms with E-state index in [2.05, 4.69) is 4.98 Å². The highest BCUT2D eigenvalue weighted by molar-refractivity contribution is 5.84. The van der Waals surface area contributed by atoms with Gasteiger partial charge in [-0.05, 0) is 55.6 Å². The lowest BCUT2D eigenvalue weighted by molar-refractivity contribution is -0.145. The lowest BCUT2D eigenvalue weighted by atomic mass is 9.78. The van der Waals surface area contributed by atoms with Gasteiger partial charge in [-0.25, -0.2) is 0 Å². The Hall–Kier alpha value is -1.71. The van der Waals surface area contributed by atoms with Gasteiger partial charge in [0.1, 0.15) is 0 Å².